The number of rotatable bonds is 7. The fraction of sp³-hybridized carbons (Fsp3) is 0.333. The molecule has 7 heteroatoms. The number of nitrogens with one attached hydrogen (secondary N) is 2. The Hall–Kier alpha value is -2.41. The maximum absolute atomic E-state index is 13.1. The van der Waals surface area contributed by atoms with Gasteiger partial charge in [-0.25, -0.2) is 13.2 Å². The number of sulfone groups is 1. The number of hydrogen-bond donors (Lipinski definition) is 2. The van der Waals surface area contributed by atoms with Crippen LogP contribution in [0, 0.1) is 6.92 Å². The quantitative estimate of drug-likeness (QED) is 0.793. The van der Waals surface area contributed by atoms with E-state index in [0.717, 1.165) is 12.0 Å². The van der Waals surface area contributed by atoms with Crippen LogP contribution in [0.5, 0.6) is 0 Å². The van der Waals surface area contributed by atoms with E-state index >= 15 is 0 Å². The summed E-state index contributed by atoms with van der Waals surface area (Å²) in [5.41, 5.74) is 1.52. The van der Waals surface area contributed by atoms with Gasteiger partial charge in [-0.1, -0.05) is 30.7 Å². The van der Waals surface area contributed by atoms with Crippen LogP contribution in [0.2, 0.25) is 0 Å². The Labute approximate surface area is 148 Å². The summed E-state index contributed by atoms with van der Waals surface area (Å²) >= 11 is 0. The highest BCUT2D eigenvalue weighted by Crippen LogP contribution is 2.28. The zero-order chi connectivity index (χ0) is 18.3. The second-order valence-electron chi connectivity index (χ2n) is 5.77. The molecule has 1 atom stereocenters. The normalized spacial score (nSPS) is 12.4. The van der Waals surface area contributed by atoms with Gasteiger partial charge in [-0.3, -0.25) is 4.98 Å². The summed E-state index contributed by atoms with van der Waals surface area (Å²) < 4.78 is 26.1. The molecular formula is C18H23N3O3S. The molecule has 1 aromatic carbocycles. The molecule has 0 saturated carbocycles. The van der Waals surface area contributed by atoms with Crippen LogP contribution in [0.15, 0.2) is 53.7 Å². The molecule has 1 heterocycles. The first-order valence-electron chi connectivity index (χ1n) is 8.17. The first-order chi connectivity index (χ1) is 11.9. The summed E-state index contributed by atoms with van der Waals surface area (Å²) in [7, 11) is -3.67. The van der Waals surface area contributed by atoms with E-state index in [2.05, 4.69) is 15.6 Å². The number of aromatic nitrogens is 1. The predicted octanol–water partition coefficient (Wildman–Crippen LogP) is 2.61. The molecule has 2 N–H and O–H groups in total. The predicted molar refractivity (Wildman–Crippen MR) is 97.0 cm³/mol. The third kappa shape index (κ3) is 5.03. The number of pyridine rings is 1. The van der Waals surface area contributed by atoms with Crippen LogP contribution in [0.3, 0.4) is 0 Å². The summed E-state index contributed by atoms with van der Waals surface area (Å²) in [4.78, 5) is 16.0. The average molecular weight is 361 g/mol. The second-order valence-corrected chi connectivity index (χ2v) is 7.90. The van der Waals surface area contributed by atoms with Gasteiger partial charge in [0, 0.05) is 25.5 Å². The molecule has 0 aliphatic carbocycles. The van der Waals surface area contributed by atoms with Gasteiger partial charge < -0.3 is 10.6 Å². The number of carbonyl (C=O) groups is 1. The van der Waals surface area contributed by atoms with E-state index in [4.69, 9.17) is 0 Å². The van der Waals surface area contributed by atoms with Crippen molar-refractivity contribution < 1.29 is 13.2 Å². The summed E-state index contributed by atoms with van der Waals surface area (Å²) in [6.45, 7) is 4.35. The van der Waals surface area contributed by atoms with Crippen LogP contribution >= 0.6 is 0 Å². The molecule has 0 radical (unpaired) electrons. The first kappa shape index (κ1) is 18.9. The SMILES string of the molecule is CCCNC(=O)NC[C@H](c1cccnc1)S(=O)(=O)c1ccc(C)cc1. The van der Waals surface area contributed by atoms with Crippen molar-refractivity contribution in [3.63, 3.8) is 0 Å². The van der Waals surface area contributed by atoms with Gasteiger partial charge >= 0.3 is 6.03 Å². The Morgan fingerprint density at radius 2 is 1.88 bits per heavy atom. The number of urea groups is 1. The lowest BCUT2D eigenvalue weighted by molar-refractivity contribution is 0.241. The highest BCUT2D eigenvalue weighted by molar-refractivity contribution is 7.91. The molecule has 0 aliphatic rings. The third-order valence-electron chi connectivity index (χ3n) is 3.76. The lowest BCUT2D eigenvalue weighted by Crippen LogP contribution is -2.39. The summed E-state index contributed by atoms with van der Waals surface area (Å²) in [5, 5.41) is 4.42. The van der Waals surface area contributed by atoms with Gasteiger partial charge in [0.25, 0.3) is 0 Å². The van der Waals surface area contributed by atoms with Crippen LogP contribution in [0.4, 0.5) is 4.79 Å². The molecule has 0 bridgehead atoms. The third-order valence-corrected chi connectivity index (χ3v) is 5.88. The number of amides is 2. The molecule has 1 aromatic heterocycles. The zero-order valence-corrected chi connectivity index (χ0v) is 15.2. The minimum absolute atomic E-state index is 0.0303. The smallest absolute Gasteiger partial charge is 0.314 e. The fourth-order valence-corrected chi connectivity index (χ4v) is 4.00. The molecule has 25 heavy (non-hydrogen) atoms. The van der Waals surface area contributed by atoms with Crippen molar-refractivity contribution in [3.05, 3.63) is 59.9 Å². The molecule has 134 valence electrons. The molecule has 6 nitrogen and oxygen atoms in total. The van der Waals surface area contributed by atoms with Crippen molar-refractivity contribution in [3.8, 4) is 0 Å². The maximum Gasteiger partial charge on any atom is 0.314 e. The molecule has 0 unspecified atom stereocenters. The van der Waals surface area contributed by atoms with Crippen molar-refractivity contribution in [2.24, 2.45) is 0 Å². The Kier molecular flexibility index (Phi) is 6.52. The van der Waals surface area contributed by atoms with Gasteiger partial charge in [0.2, 0.25) is 0 Å². The van der Waals surface area contributed by atoms with Gasteiger partial charge in [0.1, 0.15) is 5.25 Å². The standard InChI is InChI=1S/C18H23N3O3S/c1-3-10-20-18(22)21-13-17(15-5-4-11-19-12-15)25(23,24)16-8-6-14(2)7-9-16/h4-9,11-12,17H,3,10,13H2,1-2H3,(H2,20,21,22)/t17-/m1/s1. The zero-order valence-electron chi connectivity index (χ0n) is 14.4. The van der Waals surface area contributed by atoms with Gasteiger partial charge in [0.15, 0.2) is 9.84 Å². The van der Waals surface area contributed by atoms with Crippen molar-refractivity contribution >= 4 is 15.9 Å². The Balaban J connectivity index is 2.28. The van der Waals surface area contributed by atoms with E-state index in [0.29, 0.717) is 12.1 Å². The van der Waals surface area contributed by atoms with E-state index in [9.17, 15) is 13.2 Å². The molecule has 2 aromatic rings. The van der Waals surface area contributed by atoms with E-state index in [-0.39, 0.29) is 17.5 Å². The number of nitrogens with zero attached hydrogens (tertiary/aromatic N) is 1. The van der Waals surface area contributed by atoms with E-state index < -0.39 is 15.1 Å². The molecule has 2 rings (SSSR count). The lowest BCUT2D eigenvalue weighted by atomic mass is 10.2. The molecule has 0 aliphatic heterocycles. The topological polar surface area (TPSA) is 88.2 Å². The average Bonchev–Trinajstić information content (AvgIpc) is 2.61. The van der Waals surface area contributed by atoms with Crippen molar-refractivity contribution in [1.29, 1.82) is 0 Å². The minimum Gasteiger partial charge on any atom is -0.338 e. The summed E-state index contributed by atoms with van der Waals surface area (Å²) in [6, 6.07) is 9.70. The van der Waals surface area contributed by atoms with Crippen molar-refractivity contribution in [1.82, 2.24) is 15.6 Å². The highest BCUT2D eigenvalue weighted by Gasteiger charge is 2.29. The number of benzene rings is 1. The van der Waals surface area contributed by atoms with E-state index in [1.807, 2.05) is 13.8 Å². The fourth-order valence-electron chi connectivity index (χ4n) is 2.35. The Morgan fingerprint density at radius 3 is 2.48 bits per heavy atom. The van der Waals surface area contributed by atoms with Crippen LogP contribution < -0.4 is 10.6 Å². The maximum atomic E-state index is 13.1. The number of carbonyl (C=O) groups excluding carboxylic acids is 1. The highest BCUT2D eigenvalue weighted by atomic mass is 32.2. The summed E-state index contributed by atoms with van der Waals surface area (Å²) in [6.07, 6.45) is 3.91. The molecular weight excluding hydrogens is 338 g/mol. The van der Waals surface area contributed by atoms with Gasteiger partial charge in [-0.15, -0.1) is 0 Å². The Morgan fingerprint density at radius 1 is 1.16 bits per heavy atom. The summed E-state index contributed by atoms with van der Waals surface area (Å²) in [5.74, 6) is 0. The Bertz CT molecular complexity index is 790. The van der Waals surface area contributed by atoms with Crippen LogP contribution in [0.1, 0.15) is 29.7 Å². The largest absolute Gasteiger partial charge is 0.338 e. The van der Waals surface area contributed by atoms with Gasteiger partial charge in [-0.05, 0) is 37.1 Å². The lowest BCUT2D eigenvalue weighted by Gasteiger charge is -2.19. The molecule has 0 fully saturated rings. The van der Waals surface area contributed by atoms with E-state index in [1.165, 1.54) is 6.20 Å². The monoisotopic (exact) mass is 361 g/mol. The van der Waals surface area contributed by atoms with Crippen molar-refractivity contribution in [2.45, 2.75) is 30.4 Å². The minimum atomic E-state index is -3.67. The van der Waals surface area contributed by atoms with Crippen LogP contribution in [-0.4, -0.2) is 32.5 Å². The molecule has 0 spiro atoms. The van der Waals surface area contributed by atoms with E-state index in [1.54, 1.807) is 42.6 Å². The van der Waals surface area contributed by atoms with Gasteiger partial charge in [-0.2, -0.15) is 0 Å². The second kappa shape index (κ2) is 8.62. The molecule has 0 saturated heterocycles. The first-order valence-corrected chi connectivity index (χ1v) is 9.72. The van der Waals surface area contributed by atoms with Crippen molar-refractivity contribution in [2.75, 3.05) is 13.1 Å². The number of aryl methyl sites for hydroxylation is 1. The molecule has 2 amide bonds. The number of hydrogen-bond acceptors (Lipinski definition) is 4. The van der Waals surface area contributed by atoms with Crippen LogP contribution in [-0.2, 0) is 9.84 Å². The van der Waals surface area contributed by atoms with Gasteiger partial charge in [0.05, 0.1) is 4.90 Å². The van der Waals surface area contributed by atoms with Crippen LogP contribution in [0.25, 0.3) is 0 Å².